The maximum absolute atomic E-state index is 13.0. The summed E-state index contributed by atoms with van der Waals surface area (Å²) in [6.45, 7) is 7.87. The highest BCUT2D eigenvalue weighted by molar-refractivity contribution is 5.92. The molecule has 38 heavy (non-hydrogen) atoms. The number of halogens is 3. The highest BCUT2D eigenvalue weighted by atomic mass is 19.4. The van der Waals surface area contributed by atoms with Crippen LogP contribution in [0.4, 0.5) is 13.2 Å². The first-order valence-electron chi connectivity index (χ1n) is 12.9. The second-order valence-corrected chi connectivity index (χ2v) is 10.2. The van der Waals surface area contributed by atoms with Crippen molar-refractivity contribution in [2.24, 2.45) is 5.92 Å². The third-order valence-electron chi connectivity index (χ3n) is 7.65. The fraction of sp³-hybridized carbons (Fsp3) is 0.400. The zero-order valence-corrected chi connectivity index (χ0v) is 21.5. The van der Waals surface area contributed by atoms with Crippen LogP contribution in [-0.4, -0.2) is 42.5 Å². The van der Waals surface area contributed by atoms with E-state index in [9.17, 15) is 22.8 Å². The van der Waals surface area contributed by atoms with Crippen molar-refractivity contribution in [3.8, 4) is 5.75 Å². The molecule has 202 valence electrons. The lowest BCUT2D eigenvalue weighted by atomic mass is 9.58. The van der Waals surface area contributed by atoms with Gasteiger partial charge >= 0.3 is 12.1 Å². The molecule has 0 bridgehead atoms. The summed E-state index contributed by atoms with van der Waals surface area (Å²) in [6, 6.07) is 12.5. The quantitative estimate of drug-likeness (QED) is 0.216. The lowest BCUT2D eigenvalue weighted by Gasteiger charge is -2.53. The molecule has 3 unspecified atom stereocenters. The summed E-state index contributed by atoms with van der Waals surface area (Å²) in [5, 5.41) is 3.08. The second kappa shape index (κ2) is 11.6. The fourth-order valence-corrected chi connectivity index (χ4v) is 5.96. The number of benzene rings is 2. The van der Waals surface area contributed by atoms with E-state index in [1.807, 2.05) is 18.2 Å². The zero-order valence-electron chi connectivity index (χ0n) is 21.5. The van der Waals surface area contributed by atoms with Crippen LogP contribution in [0.15, 0.2) is 67.3 Å². The van der Waals surface area contributed by atoms with E-state index in [-0.39, 0.29) is 23.3 Å². The Bertz CT molecular complexity index is 1210. The van der Waals surface area contributed by atoms with Crippen molar-refractivity contribution in [1.29, 1.82) is 0 Å². The number of alkyl halides is 3. The van der Waals surface area contributed by atoms with Crippen LogP contribution in [0.5, 0.6) is 5.75 Å². The summed E-state index contributed by atoms with van der Waals surface area (Å²) < 4.78 is 44.4. The number of likely N-dealkylation sites (tertiary alicyclic amines) is 1. The minimum atomic E-state index is -4.44. The van der Waals surface area contributed by atoms with Gasteiger partial charge in [0.05, 0.1) is 5.56 Å². The Balaban J connectivity index is 1.52. The summed E-state index contributed by atoms with van der Waals surface area (Å²) in [7, 11) is 0. The van der Waals surface area contributed by atoms with Gasteiger partial charge in [-0.05, 0) is 79.6 Å². The van der Waals surface area contributed by atoms with Crippen molar-refractivity contribution < 1.29 is 27.5 Å². The number of rotatable bonds is 7. The predicted octanol–water partition coefficient (Wildman–Crippen LogP) is 5.76. The molecule has 1 aliphatic heterocycles. The molecule has 1 heterocycles. The van der Waals surface area contributed by atoms with Gasteiger partial charge < -0.3 is 10.1 Å². The molecule has 1 saturated carbocycles. The zero-order chi connectivity index (χ0) is 27.3. The van der Waals surface area contributed by atoms with Gasteiger partial charge in [0.1, 0.15) is 5.75 Å². The molecule has 1 aliphatic carbocycles. The fourth-order valence-electron chi connectivity index (χ4n) is 5.96. The molecule has 5 nitrogen and oxygen atoms in total. The first-order valence-corrected chi connectivity index (χ1v) is 12.9. The van der Waals surface area contributed by atoms with Crippen LogP contribution in [0.3, 0.4) is 0 Å². The first-order chi connectivity index (χ1) is 18.1. The number of nitrogens with one attached hydrogen (secondary N) is 1. The van der Waals surface area contributed by atoms with E-state index in [0.717, 1.165) is 63.0 Å². The number of carbonyl (C=O) groups excluding carboxylic acids is 2. The Labute approximate surface area is 221 Å². The molecule has 8 heteroatoms. The van der Waals surface area contributed by atoms with Gasteiger partial charge in [-0.15, -0.1) is 6.58 Å². The second-order valence-electron chi connectivity index (χ2n) is 10.2. The summed E-state index contributed by atoms with van der Waals surface area (Å²) in [5.74, 6) is 0.154. The number of ether oxygens (including phenoxy) is 1. The molecule has 0 aromatic heterocycles. The molecule has 1 amide bonds. The molecule has 2 aromatic rings. The van der Waals surface area contributed by atoms with E-state index in [1.54, 1.807) is 6.07 Å². The van der Waals surface area contributed by atoms with Crippen LogP contribution in [-0.2, 0) is 21.2 Å². The van der Waals surface area contributed by atoms with E-state index in [1.165, 1.54) is 31.2 Å². The SMILES string of the molecule is C=CCN1CCC2(c3cccc(OC(C)=O)c3)CC(NC(=O)C=Cc3cccc(C(F)(F)F)c3)CCC2C1. The first kappa shape index (κ1) is 27.6. The summed E-state index contributed by atoms with van der Waals surface area (Å²) in [6.07, 6.45) is 3.51. The molecular weight excluding hydrogens is 493 g/mol. The van der Waals surface area contributed by atoms with Gasteiger partial charge in [-0.2, -0.15) is 13.2 Å². The normalized spacial score (nSPS) is 24.0. The van der Waals surface area contributed by atoms with E-state index in [4.69, 9.17) is 4.74 Å². The van der Waals surface area contributed by atoms with Crippen molar-refractivity contribution in [1.82, 2.24) is 10.2 Å². The highest BCUT2D eigenvalue weighted by Crippen LogP contribution is 2.49. The number of amides is 1. The van der Waals surface area contributed by atoms with Crippen molar-refractivity contribution >= 4 is 18.0 Å². The molecule has 2 aliphatic rings. The monoisotopic (exact) mass is 526 g/mol. The van der Waals surface area contributed by atoms with Gasteiger partial charge in [0.25, 0.3) is 0 Å². The van der Waals surface area contributed by atoms with E-state index >= 15 is 0 Å². The van der Waals surface area contributed by atoms with Crippen molar-refractivity contribution in [2.45, 2.75) is 50.2 Å². The summed E-state index contributed by atoms with van der Waals surface area (Å²) in [4.78, 5) is 26.7. The number of fused-ring (bicyclic) bond motifs is 1. The Kier molecular flexibility index (Phi) is 8.41. The Morgan fingerprint density at radius 3 is 2.71 bits per heavy atom. The van der Waals surface area contributed by atoms with Crippen molar-refractivity contribution in [2.75, 3.05) is 19.6 Å². The highest BCUT2D eigenvalue weighted by Gasteiger charge is 2.48. The standard InChI is InChI=1S/C30H33F3N2O3/c1-3-15-35-16-14-29(23-7-5-9-27(18-23)38-21(2)36)19-26(12-11-25(29)20-35)34-28(37)13-10-22-6-4-8-24(17-22)30(31,32)33/h3-10,13,17-18,25-26H,1,11-12,14-16,19-20H2,2H3,(H,34,37). The largest absolute Gasteiger partial charge is 0.427 e. The maximum atomic E-state index is 13.0. The molecule has 1 saturated heterocycles. The third kappa shape index (κ3) is 6.54. The number of nitrogens with zero attached hydrogens (tertiary/aromatic N) is 1. The van der Waals surface area contributed by atoms with Gasteiger partial charge in [0, 0.05) is 37.5 Å². The van der Waals surface area contributed by atoms with Gasteiger partial charge in [0.2, 0.25) is 5.91 Å². The Morgan fingerprint density at radius 2 is 1.97 bits per heavy atom. The Morgan fingerprint density at radius 1 is 1.18 bits per heavy atom. The van der Waals surface area contributed by atoms with E-state index in [0.29, 0.717) is 17.2 Å². The molecule has 2 aromatic carbocycles. The molecule has 4 rings (SSSR count). The van der Waals surface area contributed by atoms with Crippen molar-refractivity contribution in [3.63, 3.8) is 0 Å². The van der Waals surface area contributed by atoms with Gasteiger partial charge in [0.15, 0.2) is 0 Å². The molecule has 0 radical (unpaired) electrons. The number of hydrogen-bond donors (Lipinski definition) is 1. The van der Waals surface area contributed by atoms with Crippen molar-refractivity contribution in [3.05, 3.63) is 84.0 Å². The molecule has 2 fully saturated rings. The number of carbonyl (C=O) groups is 2. The molecule has 0 spiro atoms. The predicted molar refractivity (Wildman–Crippen MR) is 140 cm³/mol. The van der Waals surface area contributed by atoms with E-state index < -0.39 is 11.7 Å². The average Bonchev–Trinajstić information content (AvgIpc) is 2.87. The lowest BCUT2D eigenvalue weighted by molar-refractivity contribution is -0.137. The minimum absolute atomic E-state index is 0.0896. The third-order valence-corrected chi connectivity index (χ3v) is 7.65. The van der Waals surface area contributed by atoms with Crippen LogP contribution >= 0.6 is 0 Å². The average molecular weight is 527 g/mol. The lowest BCUT2D eigenvalue weighted by Crippen LogP contribution is -2.56. The van der Waals surface area contributed by atoms with Crippen LogP contribution < -0.4 is 10.1 Å². The minimum Gasteiger partial charge on any atom is -0.427 e. The van der Waals surface area contributed by atoms with Gasteiger partial charge in [-0.1, -0.05) is 30.3 Å². The molecule has 3 atom stereocenters. The number of hydrogen-bond acceptors (Lipinski definition) is 4. The van der Waals surface area contributed by atoms with Crippen LogP contribution in [0.1, 0.15) is 49.3 Å². The van der Waals surface area contributed by atoms with Gasteiger partial charge in [-0.25, -0.2) is 0 Å². The van der Waals surface area contributed by atoms with E-state index in [2.05, 4.69) is 22.9 Å². The van der Waals surface area contributed by atoms with Gasteiger partial charge in [-0.3, -0.25) is 14.5 Å². The summed E-state index contributed by atoms with van der Waals surface area (Å²) in [5.41, 5.74) is 0.457. The maximum Gasteiger partial charge on any atom is 0.416 e. The topological polar surface area (TPSA) is 58.6 Å². The van der Waals surface area contributed by atoms with Crippen LogP contribution in [0.2, 0.25) is 0 Å². The molecular formula is C30H33F3N2O3. The number of piperidine rings is 1. The van der Waals surface area contributed by atoms with Crippen LogP contribution in [0, 0.1) is 5.92 Å². The smallest absolute Gasteiger partial charge is 0.416 e. The number of esters is 1. The van der Waals surface area contributed by atoms with Crippen LogP contribution in [0.25, 0.3) is 6.08 Å². The Hall–Kier alpha value is -3.39. The molecule has 1 N–H and O–H groups in total. The summed E-state index contributed by atoms with van der Waals surface area (Å²) >= 11 is 0.